The molecule has 100 valence electrons. The number of methoxy groups -OCH3 is 1. The van der Waals surface area contributed by atoms with Gasteiger partial charge in [0, 0.05) is 18.3 Å². The maximum absolute atomic E-state index is 5.14. The number of rotatable bonds is 5. The Morgan fingerprint density at radius 3 is 2.47 bits per heavy atom. The molecule has 1 N–H and O–H groups in total. The lowest BCUT2D eigenvalue weighted by atomic mass is 10.1. The molecule has 1 heterocycles. The number of hydrogen-bond donors (Lipinski definition) is 1. The van der Waals surface area contributed by atoms with Crippen LogP contribution >= 0.6 is 0 Å². The van der Waals surface area contributed by atoms with Crippen LogP contribution in [0.15, 0.2) is 30.3 Å². The van der Waals surface area contributed by atoms with Gasteiger partial charge in [-0.25, -0.2) is 9.97 Å². The summed E-state index contributed by atoms with van der Waals surface area (Å²) in [6.45, 7) is 4.73. The van der Waals surface area contributed by atoms with Gasteiger partial charge in [0.05, 0.1) is 7.11 Å². The first-order valence-corrected chi connectivity index (χ1v) is 6.36. The van der Waals surface area contributed by atoms with Crippen molar-refractivity contribution in [2.75, 3.05) is 19.0 Å². The van der Waals surface area contributed by atoms with Crippen LogP contribution in [0.4, 0.5) is 5.82 Å². The summed E-state index contributed by atoms with van der Waals surface area (Å²) in [5.41, 5.74) is 2.26. The highest BCUT2D eigenvalue weighted by Gasteiger charge is 1.99. The molecule has 4 heteroatoms. The third-order valence-electron chi connectivity index (χ3n) is 2.84. The molecular weight excluding hydrogens is 238 g/mol. The van der Waals surface area contributed by atoms with Crippen LogP contribution in [-0.4, -0.2) is 23.6 Å². The molecular formula is C15H19N3O. The number of benzene rings is 1. The summed E-state index contributed by atoms with van der Waals surface area (Å²) in [5, 5.41) is 3.32. The van der Waals surface area contributed by atoms with Crippen LogP contribution in [0.25, 0.3) is 0 Å². The summed E-state index contributed by atoms with van der Waals surface area (Å²) in [6.07, 6.45) is 0.950. The average molecular weight is 257 g/mol. The van der Waals surface area contributed by atoms with Crippen molar-refractivity contribution in [3.05, 3.63) is 47.4 Å². The van der Waals surface area contributed by atoms with E-state index in [1.54, 1.807) is 7.11 Å². The molecule has 0 aliphatic heterocycles. The first kappa shape index (κ1) is 13.3. The van der Waals surface area contributed by atoms with Gasteiger partial charge in [-0.3, -0.25) is 0 Å². The Bertz CT molecular complexity index is 517. The second-order valence-corrected chi connectivity index (χ2v) is 4.47. The molecule has 0 saturated carbocycles. The van der Waals surface area contributed by atoms with E-state index >= 15 is 0 Å². The molecule has 2 aromatic rings. The molecule has 1 aromatic carbocycles. The number of ether oxygens (including phenoxy) is 1. The van der Waals surface area contributed by atoms with Crippen LogP contribution in [0.2, 0.25) is 0 Å². The highest BCUT2D eigenvalue weighted by atomic mass is 16.5. The van der Waals surface area contributed by atoms with Crippen LogP contribution in [0.5, 0.6) is 5.75 Å². The van der Waals surface area contributed by atoms with Crippen LogP contribution < -0.4 is 10.1 Å². The zero-order valence-corrected chi connectivity index (χ0v) is 11.6. The third-order valence-corrected chi connectivity index (χ3v) is 2.84. The quantitative estimate of drug-likeness (QED) is 0.894. The molecule has 19 heavy (non-hydrogen) atoms. The number of nitrogens with zero attached hydrogens (tertiary/aromatic N) is 2. The average Bonchev–Trinajstić information content (AvgIpc) is 2.38. The molecule has 1 aromatic heterocycles. The minimum absolute atomic E-state index is 0.798. The van der Waals surface area contributed by atoms with Gasteiger partial charge in [-0.1, -0.05) is 12.1 Å². The van der Waals surface area contributed by atoms with Gasteiger partial charge in [0.2, 0.25) is 0 Å². The topological polar surface area (TPSA) is 47.0 Å². The minimum atomic E-state index is 0.798. The monoisotopic (exact) mass is 257 g/mol. The fraction of sp³-hybridized carbons (Fsp3) is 0.333. The minimum Gasteiger partial charge on any atom is -0.497 e. The van der Waals surface area contributed by atoms with Crippen LogP contribution in [0.1, 0.15) is 17.1 Å². The summed E-state index contributed by atoms with van der Waals surface area (Å²) < 4.78 is 5.14. The van der Waals surface area contributed by atoms with E-state index in [2.05, 4.69) is 27.4 Å². The summed E-state index contributed by atoms with van der Waals surface area (Å²) in [4.78, 5) is 8.60. The number of nitrogens with one attached hydrogen (secondary N) is 1. The van der Waals surface area contributed by atoms with Crippen molar-refractivity contribution < 1.29 is 4.74 Å². The fourth-order valence-electron chi connectivity index (χ4n) is 1.93. The summed E-state index contributed by atoms with van der Waals surface area (Å²) in [7, 11) is 1.68. The molecule has 0 amide bonds. The van der Waals surface area contributed by atoms with Gasteiger partial charge in [0.15, 0.2) is 0 Å². The van der Waals surface area contributed by atoms with Crippen LogP contribution in [0.3, 0.4) is 0 Å². The molecule has 0 radical (unpaired) electrons. The van der Waals surface area contributed by atoms with Crippen molar-refractivity contribution in [2.24, 2.45) is 0 Å². The van der Waals surface area contributed by atoms with E-state index in [4.69, 9.17) is 4.74 Å². The van der Waals surface area contributed by atoms with Gasteiger partial charge in [0.1, 0.15) is 17.4 Å². The summed E-state index contributed by atoms with van der Waals surface area (Å²) >= 11 is 0. The lowest BCUT2D eigenvalue weighted by Gasteiger charge is -2.07. The zero-order valence-electron chi connectivity index (χ0n) is 11.6. The van der Waals surface area contributed by atoms with E-state index in [1.807, 2.05) is 32.0 Å². The molecule has 0 spiro atoms. The smallest absolute Gasteiger partial charge is 0.129 e. The predicted octanol–water partition coefficient (Wildman–Crippen LogP) is 2.76. The first-order chi connectivity index (χ1) is 9.17. The van der Waals surface area contributed by atoms with Crippen molar-refractivity contribution in [3.8, 4) is 5.75 Å². The molecule has 0 aliphatic rings. The van der Waals surface area contributed by atoms with E-state index in [1.165, 1.54) is 5.56 Å². The Hall–Kier alpha value is -2.10. The third kappa shape index (κ3) is 3.95. The Morgan fingerprint density at radius 1 is 1.11 bits per heavy atom. The SMILES string of the molecule is COc1ccc(CCNc2cc(C)nc(C)n2)cc1. The second kappa shape index (κ2) is 6.18. The summed E-state index contributed by atoms with van der Waals surface area (Å²) in [5.74, 6) is 2.57. The van der Waals surface area contributed by atoms with E-state index in [9.17, 15) is 0 Å². The Morgan fingerprint density at radius 2 is 1.84 bits per heavy atom. The largest absolute Gasteiger partial charge is 0.497 e. The number of aromatic nitrogens is 2. The Balaban J connectivity index is 1.88. The maximum Gasteiger partial charge on any atom is 0.129 e. The van der Waals surface area contributed by atoms with Crippen molar-refractivity contribution in [2.45, 2.75) is 20.3 Å². The van der Waals surface area contributed by atoms with E-state index in [0.717, 1.165) is 36.1 Å². The van der Waals surface area contributed by atoms with Gasteiger partial charge in [-0.2, -0.15) is 0 Å². The van der Waals surface area contributed by atoms with Gasteiger partial charge in [0.25, 0.3) is 0 Å². The molecule has 0 bridgehead atoms. The molecule has 0 aliphatic carbocycles. The van der Waals surface area contributed by atoms with E-state index in [0.29, 0.717) is 0 Å². The summed E-state index contributed by atoms with van der Waals surface area (Å²) in [6, 6.07) is 10.1. The van der Waals surface area contributed by atoms with Crippen molar-refractivity contribution in [1.82, 2.24) is 9.97 Å². The second-order valence-electron chi connectivity index (χ2n) is 4.47. The lowest BCUT2D eigenvalue weighted by molar-refractivity contribution is 0.414. The molecule has 0 fully saturated rings. The number of hydrogen-bond acceptors (Lipinski definition) is 4. The van der Waals surface area contributed by atoms with Gasteiger partial charge < -0.3 is 10.1 Å². The molecule has 4 nitrogen and oxygen atoms in total. The van der Waals surface area contributed by atoms with Crippen molar-refractivity contribution >= 4 is 5.82 Å². The lowest BCUT2D eigenvalue weighted by Crippen LogP contribution is -2.07. The van der Waals surface area contributed by atoms with Crippen LogP contribution in [0, 0.1) is 13.8 Å². The standard InChI is InChI=1S/C15H19N3O/c1-11-10-15(18-12(2)17-11)16-9-8-13-4-6-14(19-3)7-5-13/h4-7,10H,8-9H2,1-3H3,(H,16,17,18). The molecule has 0 atom stereocenters. The van der Waals surface area contributed by atoms with E-state index in [-0.39, 0.29) is 0 Å². The molecule has 0 unspecified atom stereocenters. The van der Waals surface area contributed by atoms with E-state index < -0.39 is 0 Å². The fourth-order valence-corrected chi connectivity index (χ4v) is 1.93. The number of anilines is 1. The Labute approximate surface area is 113 Å². The number of aryl methyl sites for hydroxylation is 2. The van der Waals surface area contributed by atoms with Gasteiger partial charge in [-0.05, 0) is 38.0 Å². The predicted molar refractivity (Wildman–Crippen MR) is 76.7 cm³/mol. The van der Waals surface area contributed by atoms with Crippen molar-refractivity contribution in [3.63, 3.8) is 0 Å². The molecule has 2 rings (SSSR count). The maximum atomic E-state index is 5.14. The molecule has 0 saturated heterocycles. The highest BCUT2D eigenvalue weighted by Crippen LogP contribution is 2.12. The van der Waals surface area contributed by atoms with Gasteiger partial charge in [-0.15, -0.1) is 0 Å². The zero-order chi connectivity index (χ0) is 13.7. The first-order valence-electron chi connectivity index (χ1n) is 6.36. The normalized spacial score (nSPS) is 10.3. The van der Waals surface area contributed by atoms with Gasteiger partial charge >= 0.3 is 0 Å². The Kier molecular flexibility index (Phi) is 4.34. The van der Waals surface area contributed by atoms with Crippen LogP contribution in [-0.2, 0) is 6.42 Å². The highest BCUT2D eigenvalue weighted by molar-refractivity contribution is 5.36. The van der Waals surface area contributed by atoms with Crippen molar-refractivity contribution in [1.29, 1.82) is 0 Å².